The van der Waals surface area contributed by atoms with E-state index in [9.17, 15) is 14.4 Å². The molecule has 1 aliphatic carbocycles. The first-order valence-electron chi connectivity index (χ1n) is 8.98. The summed E-state index contributed by atoms with van der Waals surface area (Å²) >= 11 is 5.97. The Morgan fingerprint density at radius 2 is 1.96 bits per heavy atom. The van der Waals surface area contributed by atoms with Gasteiger partial charge in [-0.25, -0.2) is 4.79 Å². The summed E-state index contributed by atoms with van der Waals surface area (Å²) in [6.07, 6.45) is 2.20. The normalized spacial score (nSPS) is 22.5. The largest absolute Gasteiger partial charge is 0.325 e. The lowest BCUT2D eigenvalue weighted by molar-refractivity contribution is -0.133. The summed E-state index contributed by atoms with van der Waals surface area (Å²) in [5, 5.41) is 3.32. The van der Waals surface area contributed by atoms with Crippen molar-refractivity contribution in [3.63, 3.8) is 0 Å². The molecule has 27 heavy (non-hydrogen) atoms. The van der Waals surface area contributed by atoms with Crippen molar-refractivity contribution in [1.29, 1.82) is 0 Å². The molecule has 4 rings (SSSR count). The van der Waals surface area contributed by atoms with Gasteiger partial charge in [-0.2, -0.15) is 0 Å². The zero-order valence-corrected chi connectivity index (χ0v) is 15.6. The van der Waals surface area contributed by atoms with E-state index < -0.39 is 17.6 Å². The first-order chi connectivity index (χ1) is 12.9. The third kappa shape index (κ3) is 2.73. The number of amides is 3. The van der Waals surface area contributed by atoms with Crippen molar-refractivity contribution in [1.82, 2.24) is 10.2 Å². The predicted molar refractivity (Wildman–Crippen MR) is 102 cm³/mol. The Bertz CT molecular complexity index is 958. The zero-order chi connectivity index (χ0) is 19.2. The molecule has 2 atom stereocenters. The van der Waals surface area contributed by atoms with Crippen LogP contribution in [0.15, 0.2) is 48.5 Å². The second-order valence-electron chi connectivity index (χ2n) is 7.07. The summed E-state index contributed by atoms with van der Waals surface area (Å²) < 4.78 is 0. The Labute approximate surface area is 162 Å². The molecule has 1 saturated heterocycles. The van der Waals surface area contributed by atoms with Gasteiger partial charge in [-0.3, -0.25) is 14.5 Å². The molecule has 2 aliphatic rings. The second-order valence-corrected chi connectivity index (χ2v) is 7.51. The number of ketones is 1. The number of nitrogens with zero attached hydrogens (tertiary/aromatic N) is 1. The molecule has 138 valence electrons. The van der Waals surface area contributed by atoms with Crippen molar-refractivity contribution in [3.05, 3.63) is 70.2 Å². The Morgan fingerprint density at radius 3 is 2.74 bits per heavy atom. The van der Waals surface area contributed by atoms with Crippen molar-refractivity contribution in [2.24, 2.45) is 0 Å². The minimum absolute atomic E-state index is 0.317. The van der Waals surface area contributed by atoms with Crippen molar-refractivity contribution in [3.8, 4) is 0 Å². The number of rotatable bonds is 3. The van der Waals surface area contributed by atoms with Crippen LogP contribution in [-0.2, 0) is 16.8 Å². The molecule has 1 aliphatic heterocycles. The second kappa shape index (κ2) is 6.50. The molecule has 0 aromatic heterocycles. The number of hydrogen-bond donors (Lipinski definition) is 1. The van der Waals surface area contributed by atoms with E-state index in [0.717, 1.165) is 28.9 Å². The highest BCUT2D eigenvalue weighted by atomic mass is 35.5. The molecule has 1 unspecified atom stereocenters. The number of imide groups is 1. The topological polar surface area (TPSA) is 66.5 Å². The van der Waals surface area contributed by atoms with Crippen molar-refractivity contribution < 1.29 is 14.4 Å². The highest BCUT2D eigenvalue weighted by Gasteiger charge is 2.55. The highest BCUT2D eigenvalue weighted by Crippen LogP contribution is 2.40. The van der Waals surface area contributed by atoms with Crippen LogP contribution >= 0.6 is 11.6 Å². The van der Waals surface area contributed by atoms with Gasteiger partial charge in [-0.05, 0) is 49.4 Å². The zero-order valence-electron chi connectivity index (χ0n) is 14.9. The fourth-order valence-electron chi connectivity index (χ4n) is 4.13. The molecule has 1 spiro atoms. The number of benzene rings is 2. The van der Waals surface area contributed by atoms with Gasteiger partial charge in [0, 0.05) is 10.6 Å². The molecular formula is C21H19ClN2O3. The summed E-state index contributed by atoms with van der Waals surface area (Å²) in [5.41, 5.74) is 1.20. The Hall–Kier alpha value is -2.66. The Balaban J connectivity index is 1.69. The number of hydrogen-bond acceptors (Lipinski definition) is 3. The van der Waals surface area contributed by atoms with E-state index >= 15 is 0 Å². The van der Waals surface area contributed by atoms with Gasteiger partial charge in [-0.1, -0.05) is 48.0 Å². The van der Waals surface area contributed by atoms with E-state index in [1.165, 1.54) is 0 Å². The van der Waals surface area contributed by atoms with Crippen LogP contribution in [0.3, 0.4) is 0 Å². The number of Topliss-reactive ketones (excluding diaryl/α,β-unsaturated/α-hetero) is 1. The molecular weight excluding hydrogens is 364 g/mol. The monoisotopic (exact) mass is 382 g/mol. The molecule has 6 heteroatoms. The maximum Gasteiger partial charge on any atom is 0.325 e. The van der Waals surface area contributed by atoms with Crippen LogP contribution < -0.4 is 5.32 Å². The van der Waals surface area contributed by atoms with Crippen LogP contribution in [-0.4, -0.2) is 28.7 Å². The summed E-state index contributed by atoms with van der Waals surface area (Å²) in [6.45, 7) is 1.58. The first kappa shape index (κ1) is 17.7. The third-order valence-corrected chi connectivity index (χ3v) is 5.71. The number of aryl methyl sites for hydroxylation is 1. The van der Waals surface area contributed by atoms with Gasteiger partial charge >= 0.3 is 6.03 Å². The van der Waals surface area contributed by atoms with Gasteiger partial charge in [0.15, 0.2) is 5.78 Å². The minimum atomic E-state index is -1.07. The van der Waals surface area contributed by atoms with Crippen LogP contribution in [0.4, 0.5) is 4.79 Å². The fourth-order valence-corrected chi connectivity index (χ4v) is 4.32. The SMILES string of the molecule is CC(C(=O)c1cccc(Cl)c1)N1C(=O)N[C@]2(CCCc3ccccc32)C1=O. The van der Waals surface area contributed by atoms with E-state index in [1.807, 2.05) is 24.3 Å². The van der Waals surface area contributed by atoms with E-state index in [4.69, 9.17) is 11.6 Å². The summed E-state index contributed by atoms with van der Waals surface area (Å²) in [7, 11) is 0. The number of urea groups is 1. The van der Waals surface area contributed by atoms with Crippen LogP contribution in [0.2, 0.25) is 5.02 Å². The lowest BCUT2D eigenvalue weighted by Gasteiger charge is -2.33. The van der Waals surface area contributed by atoms with Gasteiger partial charge < -0.3 is 5.32 Å². The van der Waals surface area contributed by atoms with E-state index in [1.54, 1.807) is 31.2 Å². The van der Waals surface area contributed by atoms with Gasteiger partial charge in [0.25, 0.3) is 5.91 Å². The third-order valence-electron chi connectivity index (χ3n) is 5.47. The number of carbonyl (C=O) groups is 3. The first-order valence-corrected chi connectivity index (χ1v) is 9.36. The maximum absolute atomic E-state index is 13.4. The molecule has 1 N–H and O–H groups in total. The van der Waals surface area contributed by atoms with E-state index in [0.29, 0.717) is 17.0 Å². The standard InChI is InChI=1S/C21H19ClN2O3/c1-13(18(25)15-7-4-9-16(22)12-15)24-19(26)21(23-20(24)27)11-5-8-14-6-2-3-10-17(14)21/h2-4,6-7,9-10,12-13H,5,8,11H2,1H3,(H,23,27)/t13?,21-/m0/s1. The molecule has 2 aromatic rings. The van der Waals surface area contributed by atoms with Crippen LogP contribution in [0.5, 0.6) is 0 Å². The molecule has 0 radical (unpaired) electrons. The number of halogens is 1. The summed E-state index contributed by atoms with van der Waals surface area (Å²) in [5.74, 6) is -0.676. The van der Waals surface area contributed by atoms with Crippen LogP contribution in [0, 0.1) is 0 Å². The maximum atomic E-state index is 13.4. The number of nitrogens with one attached hydrogen (secondary N) is 1. The molecule has 0 bridgehead atoms. The van der Waals surface area contributed by atoms with E-state index in [-0.39, 0.29) is 11.7 Å². The average Bonchev–Trinajstić information content (AvgIpc) is 2.91. The summed E-state index contributed by atoms with van der Waals surface area (Å²) in [4.78, 5) is 40.0. The molecule has 2 aromatic carbocycles. The molecule has 1 heterocycles. The minimum Gasteiger partial charge on any atom is -0.319 e. The van der Waals surface area contributed by atoms with Gasteiger partial charge in [0.1, 0.15) is 11.6 Å². The van der Waals surface area contributed by atoms with Crippen molar-refractivity contribution in [2.45, 2.75) is 37.8 Å². The molecule has 1 fully saturated rings. The number of fused-ring (bicyclic) bond motifs is 2. The fraction of sp³-hybridized carbons (Fsp3) is 0.286. The van der Waals surface area contributed by atoms with Crippen molar-refractivity contribution in [2.75, 3.05) is 0 Å². The lowest BCUT2D eigenvalue weighted by Crippen LogP contribution is -2.48. The Kier molecular flexibility index (Phi) is 4.27. The molecule has 3 amide bonds. The lowest BCUT2D eigenvalue weighted by atomic mass is 9.76. The molecule has 5 nitrogen and oxygen atoms in total. The van der Waals surface area contributed by atoms with Crippen LogP contribution in [0.1, 0.15) is 41.3 Å². The Morgan fingerprint density at radius 1 is 1.19 bits per heavy atom. The van der Waals surface area contributed by atoms with E-state index in [2.05, 4.69) is 5.32 Å². The van der Waals surface area contributed by atoms with Crippen LogP contribution in [0.25, 0.3) is 0 Å². The summed E-state index contributed by atoms with van der Waals surface area (Å²) in [6, 6.07) is 12.8. The quantitative estimate of drug-likeness (QED) is 0.650. The molecule has 0 saturated carbocycles. The van der Waals surface area contributed by atoms with Crippen molar-refractivity contribution >= 4 is 29.3 Å². The van der Waals surface area contributed by atoms with Gasteiger partial charge in [0.2, 0.25) is 0 Å². The van der Waals surface area contributed by atoms with Gasteiger partial charge in [0.05, 0.1) is 0 Å². The highest BCUT2D eigenvalue weighted by molar-refractivity contribution is 6.31. The van der Waals surface area contributed by atoms with Gasteiger partial charge in [-0.15, -0.1) is 0 Å². The predicted octanol–water partition coefficient (Wildman–Crippen LogP) is 3.69. The average molecular weight is 383 g/mol. The number of carbonyl (C=O) groups excluding carboxylic acids is 3. The smallest absolute Gasteiger partial charge is 0.319 e.